The van der Waals surface area contributed by atoms with Gasteiger partial charge in [0.1, 0.15) is 18.1 Å². The van der Waals surface area contributed by atoms with Crippen LogP contribution in [0.25, 0.3) is 0 Å². The lowest BCUT2D eigenvalue weighted by Gasteiger charge is -2.09. The van der Waals surface area contributed by atoms with Gasteiger partial charge in [0.25, 0.3) is 5.91 Å². The molecule has 3 aromatic rings. The van der Waals surface area contributed by atoms with Gasteiger partial charge in [-0.25, -0.2) is 0 Å². The molecule has 0 atom stereocenters. The lowest BCUT2D eigenvalue weighted by Crippen LogP contribution is -2.17. The van der Waals surface area contributed by atoms with E-state index in [1.165, 1.54) is 0 Å². The van der Waals surface area contributed by atoms with E-state index in [4.69, 9.17) is 4.74 Å². The maximum Gasteiger partial charge on any atom is 0.273 e. The number of benzene rings is 2. The molecular weight excluding hydrogens is 314 g/mol. The minimum Gasteiger partial charge on any atom is -0.489 e. The summed E-state index contributed by atoms with van der Waals surface area (Å²) in [5.41, 5.74) is 3.22. The van der Waals surface area contributed by atoms with E-state index < -0.39 is 0 Å². The van der Waals surface area contributed by atoms with Crippen LogP contribution in [0.2, 0.25) is 0 Å². The molecular formula is C20H21N3O2. The minimum atomic E-state index is -0.166. The first kappa shape index (κ1) is 16.8. The summed E-state index contributed by atoms with van der Waals surface area (Å²) in [6, 6.07) is 19.1. The van der Waals surface area contributed by atoms with Crippen molar-refractivity contribution in [3.05, 3.63) is 77.6 Å². The Balaban J connectivity index is 1.61. The van der Waals surface area contributed by atoms with Crippen LogP contribution in [-0.2, 0) is 13.2 Å². The van der Waals surface area contributed by atoms with E-state index in [0.29, 0.717) is 18.8 Å². The zero-order chi connectivity index (χ0) is 17.6. The molecule has 0 saturated carbocycles. The molecule has 3 rings (SSSR count). The topological polar surface area (TPSA) is 56.2 Å². The van der Waals surface area contributed by atoms with E-state index in [0.717, 1.165) is 22.7 Å². The van der Waals surface area contributed by atoms with Gasteiger partial charge < -0.3 is 10.1 Å². The average Bonchev–Trinajstić information content (AvgIpc) is 3.03. The highest BCUT2D eigenvalue weighted by molar-refractivity contribution is 6.03. The Labute approximate surface area is 147 Å². The van der Waals surface area contributed by atoms with Gasteiger partial charge in [-0.1, -0.05) is 30.3 Å². The molecule has 0 saturated heterocycles. The molecule has 1 heterocycles. The van der Waals surface area contributed by atoms with Crippen LogP contribution in [-0.4, -0.2) is 15.7 Å². The number of aromatic nitrogens is 2. The van der Waals surface area contributed by atoms with Crippen molar-refractivity contribution in [2.24, 2.45) is 0 Å². The second kappa shape index (κ2) is 7.66. The van der Waals surface area contributed by atoms with Gasteiger partial charge in [0.05, 0.1) is 5.69 Å². The van der Waals surface area contributed by atoms with Gasteiger partial charge in [-0.2, -0.15) is 5.10 Å². The molecule has 5 nitrogen and oxygen atoms in total. The van der Waals surface area contributed by atoms with E-state index in [1.807, 2.05) is 68.4 Å². The summed E-state index contributed by atoms with van der Waals surface area (Å²) in [6.07, 6.45) is 0. The Morgan fingerprint density at radius 1 is 1.12 bits per heavy atom. The normalized spacial score (nSPS) is 10.5. The second-order valence-corrected chi connectivity index (χ2v) is 5.74. The van der Waals surface area contributed by atoms with Crippen molar-refractivity contribution in [1.29, 1.82) is 0 Å². The fourth-order valence-electron chi connectivity index (χ4n) is 2.54. The SMILES string of the molecule is CCn1nc(C)cc1C(=O)Nc1ccc(OCc2ccccc2)cc1. The maximum absolute atomic E-state index is 12.4. The van der Waals surface area contributed by atoms with Crippen molar-refractivity contribution in [3.8, 4) is 5.75 Å². The first-order valence-corrected chi connectivity index (χ1v) is 8.28. The number of ether oxygens (including phenoxy) is 1. The number of hydrogen-bond donors (Lipinski definition) is 1. The molecule has 0 radical (unpaired) electrons. The van der Waals surface area contributed by atoms with Crippen LogP contribution >= 0.6 is 0 Å². The fraction of sp³-hybridized carbons (Fsp3) is 0.200. The molecule has 25 heavy (non-hydrogen) atoms. The van der Waals surface area contributed by atoms with Crippen LogP contribution in [0.3, 0.4) is 0 Å². The smallest absolute Gasteiger partial charge is 0.273 e. The Hall–Kier alpha value is -3.08. The third-order valence-electron chi connectivity index (χ3n) is 3.79. The molecule has 0 spiro atoms. The van der Waals surface area contributed by atoms with Crippen molar-refractivity contribution in [2.75, 3.05) is 5.32 Å². The Bertz CT molecular complexity index is 839. The molecule has 0 aliphatic carbocycles. The van der Waals surface area contributed by atoms with E-state index in [9.17, 15) is 4.79 Å². The van der Waals surface area contributed by atoms with Crippen LogP contribution < -0.4 is 10.1 Å². The Morgan fingerprint density at radius 2 is 1.84 bits per heavy atom. The number of nitrogens with one attached hydrogen (secondary N) is 1. The van der Waals surface area contributed by atoms with E-state index >= 15 is 0 Å². The Morgan fingerprint density at radius 3 is 2.52 bits per heavy atom. The molecule has 0 unspecified atom stereocenters. The zero-order valence-corrected chi connectivity index (χ0v) is 14.4. The lowest BCUT2D eigenvalue weighted by atomic mass is 10.2. The number of carbonyl (C=O) groups excluding carboxylic acids is 1. The van der Waals surface area contributed by atoms with Crippen LogP contribution in [0.1, 0.15) is 28.7 Å². The van der Waals surface area contributed by atoms with Gasteiger partial charge in [-0.05, 0) is 49.7 Å². The summed E-state index contributed by atoms with van der Waals surface area (Å²) >= 11 is 0. The molecule has 0 aliphatic rings. The first-order chi connectivity index (χ1) is 12.2. The summed E-state index contributed by atoms with van der Waals surface area (Å²) < 4.78 is 7.45. The summed E-state index contributed by atoms with van der Waals surface area (Å²) in [4.78, 5) is 12.4. The van der Waals surface area contributed by atoms with Gasteiger partial charge in [0, 0.05) is 12.2 Å². The van der Waals surface area contributed by atoms with E-state index in [1.54, 1.807) is 10.7 Å². The van der Waals surface area contributed by atoms with Crippen molar-refractivity contribution in [1.82, 2.24) is 9.78 Å². The molecule has 1 aromatic heterocycles. The predicted molar refractivity (Wildman–Crippen MR) is 97.8 cm³/mol. The van der Waals surface area contributed by atoms with Crippen LogP contribution in [0.15, 0.2) is 60.7 Å². The van der Waals surface area contributed by atoms with Crippen molar-refractivity contribution in [3.63, 3.8) is 0 Å². The molecule has 0 aliphatic heterocycles. The van der Waals surface area contributed by atoms with Gasteiger partial charge >= 0.3 is 0 Å². The largest absolute Gasteiger partial charge is 0.489 e. The monoisotopic (exact) mass is 335 g/mol. The van der Waals surface area contributed by atoms with Crippen LogP contribution in [0.5, 0.6) is 5.75 Å². The van der Waals surface area contributed by atoms with Crippen molar-refractivity contribution < 1.29 is 9.53 Å². The molecule has 5 heteroatoms. The first-order valence-electron chi connectivity index (χ1n) is 8.28. The molecule has 0 bridgehead atoms. The second-order valence-electron chi connectivity index (χ2n) is 5.74. The number of hydrogen-bond acceptors (Lipinski definition) is 3. The number of amides is 1. The third-order valence-corrected chi connectivity index (χ3v) is 3.79. The van der Waals surface area contributed by atoms with E-state index in [2.05, 4.69) is 10.4 Å². The standard InChI is InChI=1S/C20H21N3O2/c1-3-23-19(13-15(2)22-23)20(24)21-17-9-11-18(12-10-17)25-14-16-7-5-4-6-8-16/h4-13H,3,14H2,1-2H3,(H,21,24). The van der Waals surface area contributed by atoms with Crippen LogP contribution in [0, 0.1) is 6.92 Å². The summed E-state index contributed by atoms with van der Waals surface area (Å²) in [5.74, 6) is 0.594. The highest BCUT2D eigenvalue weighted by atomic mass is 16.5. The molecule has 2 aromatic carbocycles. The molecule has 1 N–H and O–H groups in total. The fourth-order valence-corrected chi connectivity index (χ4v) is 2.54. The molecule has 0 fully saturated rings. The number of rotatable bonds is 6. The quantitative estimate of drug-likeness (QED) is 0.739. The number of anilines is 1. The van der Waals surface area contributed by atoms with Gasteiger partial charge in [0.2, 0.25) is 0 Å². The van der Waals surface area contributed by atoms with E-state index in [-0.39, 0.29) is 5.91 Å². The minimum absolute atomic E-state index is 0.166. The van der Waals surface area contributed by atoms with Crippen LogP contribution in [0.4, 0.5) is 5.69 Å². The van der Waals surface area contributed by atoms with Crippen molar-refractivity contribution in [2.45, 2.75) is 27.0 Å². The molecule has 1 amide bonds. The highest BCUT2D eigenvalue weighted by Gasteiger charge is 2.13. The summed E-state index contributed by atoms with van der Waals surface area (Å²) in [6.45, 7) is 5.01. The maximum atomic E-state index is 12.4. The number of aryl methyl sites for hydroxylation is 2. The van der Waals surface area contributed by atoms with Gasteiger partial charge in [-0.3, -0.25) is 9.48 Å². The summed E-state index contributed by atoms with van der Waals surface area (Å²) in [5, 5.41) is 7.19. The lowest BCUT2D eigenvalue weighted by molar-refractivity contribution is 0.101. The molecule has 128 valence electrons. The third kappa shape index (κ3) is 4.26. The Kier molecular flexibility index (Phi) is 5.14. The van der Waals surface area contributed by atoms with Gasteiger partial charge in [-0.15, -0.1) is 0 Å². The average molecular weight is 335 g/mol. The zero-order valence-electron chi connectivity index (χ0n) is 14.4. The number of nitrogens with zero attached hydrogens (tertiary/aromatic N) is 2. The highest BCUT2D eigenvalue weighted by Crippen LogP contribution is 2.18. The predicted octanol–water partition coefficient (Wildman–Crippen LogP) is 4.04. The number of carbonyl (C=O) groups is 1. The van der Waals surface area contributed by atoms with Crippen molar-refractivity contribution >= 4 is 11.6 Å². The van der Waals surface area contributed by atoms with Gasteiger partial charge in [0.15, 0.2) is 0 Å². The summed E-state index contributed by atoms with van der Waals surface area (Å²) in [7, 11) is 0.